The zero-order chi connectivity index (χ0) is 17.8. The van der Waals surface area contributed by atoms with Gasteiger partial charge in [-0.25, -0.2) is 4.98 Å². The van der Waals surface area contributed by atoms with E-state index in [0.29, 0.717) is 17.0 Å². The maximum absolute atomic E-state index is 12.6. The highest BCUT2D eigenvalue weighted by molar-refractivity contribution is 7.14. The van der Waals surface area contributed by atoms with Gasteiger partial charge in [-0.1, -0.05) is 18.2 Å². The van der Waals surface area contributed by atoms with E-state index in [-0.39, 0.29) is 5.91 Å². The molecule has 25 heavy (non-hydrogen) atoms. The molecule has 1 heterocycles. The second kappa shape index (κ2) is 7.36. The van der Waals surface area contributed by atoms with E-state index < -0.39 is 0 Å². The molecule has 0 aliphatic carbocycles. The number of benzene rings is 2. The standard InChI is InChI=1S/C19H19N3O2S/c1-12-6-4-5-7-14(12)18(23)21-15-10-13(8-9-17(15)24-3)16-11-25-19(20-2)22-16/h4-11H,1-3H3,(H,20,22)(H,21,23). The molecule has 3 rings (SSSR count). The number of hydrogen-bond acceptors (Lipinski definition) is 5. The van der Waals surface area contributed by atoms with Crippen LogP contribution < -0.4 is 15.4 Å². The molecule has 1 amide bonds. The third-order valence-electron chi connectivity index (χ3n) is 3.85. The zero-order valence-corrected chi connectivity index (χ0v) is 15.1. The van der Waals surface area contributed by atoms with Crippen LogP contribution in [0, 0.1) is 6.92 Å². The Hall–Kier alpha value is -2.86. The monoisotopic (exact) mass is 353 g/mol. The fourth-order valence-electron chi connectivity index (χ4n) is 2.50. The van der Waals surface area contributed by atoms with Crippen LogP contribution in [0.3, 0.4) is 0 Å². The number of anilines is 2. The van der Waals surface area contributed by atoms with E-state index >= 15 is 0 Å². The summed E-state index contributed by atoms with van der Waals surface area (Å²) in [4.78, 5) is 17.1. The molecule has 2 aromatic carbocycles. The Morgan fingerprint density at radius 2 is 2.00 bits per heavy atom. The van der Waals surface area contributed by atoms with Crippen LogP contribution in [0.1, 0.15) is 15.9 Å². The van der Waals surface area contributed by atoms with Gasteiger partial charge in [0.05, 0.1) is 18.5 Å². The van der Waals surface area contributed by atoms with Gasteiger partial charge in [-0.15, -0.1) is 11.3 Å². The molecule has 0 aliphatic heterocycles. The van der Waals surface area contributed by atoms with Crippen molar-refractivity contribution in [2.45, 2.75) is 6.92 Å². The normalized spacial score (nSPS) is 10.4. The number of methoxy groups -OCH3 is 1. The Kier molecular flexibility index (Phi) is 5.00. The lowest BCUT2D eigenvalue weighted by molar-refractivity contribution is 0.102. The van der Waals surface area contributed by atoms with Crippen LogP contribution in [-0.4, -0.2) is 25.0 Å². The molecule has 0 aliphatic rings. The molecule has 2 N–H and O–H groups in total. The lowest BCUT2D eigenvalue weighted by Crippen LogP contribution is -2.14. The van der Waals surface area contributed by atoms with Gasteiger partial charge < -0.3 is 15.4 Å². The lowest BCUT2D eigenvalue weighted by Gasteiger charge is -2.12. The summed E-state index contributed by atoms with van der Waals surface area (Å²) >= 11 is 1.53. The number of thiazole rings is 1. The first kappa shape index (κ1) is 17.0. The Balaban J connectivity index is 1.93. The number of ether oxygens (including phenoxy) is 1. The fourth-order valence-corrected chi connectivity index (χ4v) is 3.18. The van der Waals surface area contributed by atoms with Gasteiger partial charge >= 0.3 is 0 Å². The highest BCUT2D eigenvalue weighted by Crippen LogP contribution is 2.32. The van der Waals surface area contributed by atoms with Crippen LogP contribution in [0.4, 0.5) is 10.8 Å². The third kappa shape index (κ3) is 3.64. The van der Waals surface area contributed by atoms with E-state index in [1.807, 2.05) is 55.7 Å². The summed E-state index contributed by atoms with van der Waals surface area (Å²) in [6, 6.07) is 13.1. The molecule has 0 radical (unpaired) electrons. The number of amides is 1. The van der Waals surface area contributed by atoms with Crippen molar-refractivity contribution in [3.05, 3.63) is 59.0 Å². The first-order chi connectivity index (χ1) is 12.1. The number of hydrogen-bond donors (Lipinski definition) is 2. The molecule has 5 nitrogen and oxygen atoms in total. The largest absolute Gasteiger partial charge is 0.495 e. The summed E-state index contributed by atoms with van der Waals surface area (Å²) in [7, 11) is 3.42. The first-order valence-electron chi connectivity index (χ1n) is 7.81. The second-order valence-electron chi connectivity index (χ2n) is 5.47. The van der Waals surface area contributed by atoms with Crippen molar-refractivity contribution in [1.29, 1.82) is 0 Å². The van der Waals surface area contributed by atoms with Crippen molar-refractivity contribution < 1.29 is 9.53 Å². The van der Waals surface area contributed by atoms with E-state index in [1.165, 1.54) is 11.3 Å². The highest BCUT2D eigenvalue weighted by Gasteiger charge is 2.13. The van der Waals surface area contributed by atoms with E-state index in [9.17, 15) is 4.79 Å². The topological polar surface area (TPSA) is 63.3 Å². The highest BCUT2D eigenvalue weighted by atomic mass is 32.1. The average molecular weight is 353 g/mol. The number of carbonyl (C=O) groups is 1. The number of nitrogens with one attached hydrogen (secondary N) is 2. The van der Waals surface area contributed by atoms with Crippen LogP contribution in [-0.2, 0) is 0 Å². The van der Waals surface area contributed by atoms with E-state index in [2.05, 4.69) is 15.6 Å². The molecular weight excluding hydrogens is 334 g/mol. The molecule has 3 aromatic rings. The van der Waals surface area contributed by atoms with Gasteiger partial charge in [0.25, 0.3) is 5.91 Å². The Bertz CT molecular complexity index is 905. The molecule has 0 atom stereocenters. The van der Waals surface area contributed by atoms with Crippen LogP contribution in [0.15, 0.2) is 47.8 Å². The smallest absolute Gasteiger partial charge is 0.256 e. The number of rotatable bonds is 5. The molecule has 0 fully saturated rings. The van der Waals surface area contributed by atoms with Gasteiger partial charge in [0.1, 0.15) is 5.75 Å². The van der Waals surface area contributed by atoms with Crippen LogP contribution in [0.2, 0.25) is 0 Å². The summed E-state index contributed by atoms with van der Waals surface area (Å²) < 4.78 is 5.38. The van der Waals surface area contributed by atoms with Crippen molar-refractivity contribution in [2.75, 3.05) is 24.8 Å². The van der Waals surface area contributed by atoms with Gasteiger partial charge in [-0.2, -0.15) is 0 Å². The Labute approximate surface area is 150 Å². The van der Waals surface area contributed by atoms with Crippen LogP contribution >= 0.6 is 11.3 Å². The average Bonchev–Trinajstić information content (AvgIpc) is 3.11. The van der Waals surface area contributed by atoms with Gasteiger partial charge in [0, 0.05) is 23.6 Å². The fraction of sp³-hybridized carbons (Fsp3) is 0.158. The van der Waals surface area contributed by atoms with Crippen LogP contribution in [0.25, 0.3) is 11.3 Å². The van der Waals surface area contributed by atoms with E-state index in [1.54, 1.807) is 13.2 Å². The predicted molar refractivity (Wildman–Crippen MR) is 103 cm³/mol. The zero-order valence-electron chi connectivity index (χ0n) is 14.3. The third-order valence-corrected chi connectivity index (χ3v) is 4.71. The van der Waals surface area contributed by atoms with Crippen molar-refractivity contribution in [1.82, 2.24) is 4.98 Å². The minimum Gasteiger partial charge on any atom is -0.495 e. The van der Waals surface area contributed by atoms with Gasteiger partial charge in [-0.05, 0) is 36.8 Å². The van der Waals surface area contributed by atoms with Crippen molar-refractivity contribution in [2.24, 2.45) is 0 Å². The molecule has 0 spiro atoms. The summed E-state index contributed by atoms with van der Waals surface area (Å²) in [5.74, 6) is 0.442. The first-order valence-corrected chi connectivity index (χ1v) is 8.69. The Morgan fingerprint density at radius 1 is 1.20 bits per heavy atom. The van der Waals surface area contributed by atoms with Crippen molar-refractivity contribution >= 4 is 28.1 Å². The number of aromatic nitrogens is 1. The summed E-state index contributed by atoms with van der Waals surface area (Å²) in [5, 5.41) is 8.79. The number of nitrogens with zero attached hydrogens (tertiary/aromatic N) is 1. The van der Waals surface area contributed by atoms with Gasteiger partial charge in [0.2, 0.25) is 0 Å². The van der Waals surface area contributed by atoms with E-state index in [0.717, 1.165) is 22.0 Å². The molecule has 0 unspecified atom stereocenters. The summed E-state index contributed by atoms with van der Waals surface area (Å²) in [6.45, 7) is 1.91. The molecule has 0 bridgehead atoms. The molecule has 128 valence electrons. The number of carbonyl (C=O) groups excluding carboxylic acids is 1. The van der Waals surface area contributed by atoms with Gasteiger partial charge in [0.15, 0.2) is 5.13 Å². The molecular formula is C19H19N3O2S. The summed E-state index contributed by atoms with van der Waals surface area (Å²) in [5.41, 5.74) is 3.95. The molecule has 0 saturated heterocycles. The predicted octanol–water partition coefficient (Wildman–Crippen LogP) is 4.42. The number of aryl methyl sites for hydroxylation is 1. The minimum atomic E-state index is -0.164. The molecule has 0 saturated carbocycles. The van der Waals surface area contributed by atoms with Crippen molar-refractivity contribution in [3.63, 3.8) is 0 Å². The van der Waals surface area contributed by atoms with E-state index in [4.69, 9.17) is 4.74 Å². The van der Waals surface area contributed by atoms with Crippen LogP contribution in [0.5, 0.6) is 5.75 Å². The lowest BCUT2D eigenvalue weighted by atomic mass is 10.1. The van der Waals surface area contributed by atoms with Gasteiger partial charge in [-0.3, -0.25) is 4.79 Å². The van der Waals surface area contributed by atoms with Crippen molar-refractivity contribution in [3.8, 4) is 17.0 Å². The summed E-state index contributed by atoms with van der Waals surface area (Å²) in [6.07, 6.45) is 0. The SMILES string of the molecule is CNc1nc(-c2ccc(OC)c(NC(=O)c3ccccc3C)c2)cs1. The Morgan fingerprint density at radius 3 is 2.68 bits per heavy atom. The maximum atomic E-state index is 12.6. The quantitative estimate of drug-likeness (QED) is 0.713. The molecule has 1 aromatic heterocycles. The maximum Gasteiger partial charge on any atom is 0.256 e. The minimum absolute atomic E-state index is 0.164. The molecule has 6 heteroatoms. The second-order valence-corrected chi connectivity index (χ2v) is 6.33.